The highest BCUT2D eigenvalue weighted by molar-refractivity contribution is 7.89. The number of aromatic nitrogens is 1. The Labute approximate surface area is 145 Å². The van der Waals surface area contributed by atoms with Gasteiger partial charge in [-0.1, -0.05) is 30.3 Å². The molecule has 0 fully saturated rings. The second-order valence-corrected chi connectivity index (χ2v) is 7.68. The third-order valence-electron chi connectivity index (χ3n) is 4.27. The van der Waals surface area contributed by atoms with Crippen LogP contribution in [0.3, 0.4) is 0 Å². The third kappa shape index (κ3) is 2.96. The number of aromatic hydroxyl groups is 1. The topological polar surface area (TPSA) is 70.5 Å². The Morgan fingerprint density at radius 1 is 1.16 bits per heavy atom. The molecule has 7 heteroatoms. The Balaban J connectivity index is 2.15. The molecular weight excluding hydrogens is 343 g/mol. The zero-order valence-corrected chi connectivity index (χ0v) is 14.5. The molecule has 0 aliphatic heterocycles. The molecule has 130 valence electrons. The van der Waals surface area contributed by atoms with Gasteiger partial charge in [-0.25, -0.2) is 12.8 Å². The lowest BCUT2D eigenvalue weighted by Gasteiger charge is -2.25. The largest absolute Gasteiger partial charge is 0.503 e. The summed E-state index contributed by atoms with van der Waals surface area (Å²) in [6, 6.07) is 12.6. The minimum Gasteiger partial charge on any atom is -0.503 e. The van der Waals surface area contributed by atoms with E-state index in [0.29, 0.717) is 0 Å². The Morgan fingerprint density at radius 3 is 2.52 bits per heavy atom. The maximum atomic E-state index is 14.1. The second-order valence-electron chi connectivity index (χ2n) is 5.71. The molecule has 0 radical (unpaired) electrons. The Kier molecular flexibility index (Phi) is 4.45. The number of rotatable bonds is 4. The summed E-state index contributed by atoms with van der Waals surface area (Å²) in [5, 5.41) is 10.0. The van der Waals surface area contributed by atoms with Crippen LogP contribution in [0.15, 0.2) is 59.6 Å². The lowest BCUT2D eigenvalue weighted by Crippen LogP contribution is -2.30. The van der Waals surface area contributed by atoms with Gasteiger partial charge in [-0.05, 0) is 30.7 Å². The van der Waals surface area contributed by atoms with Crippen LogP contribution in [-0.2, 0) is 10.0 Å². The molecule has 1 N–H and O–H groups in total. The first kappa shape index (κ1) is 17.3. The summed E-state index contributed by atoms with van der Waals surface area (Å²) in [7, 11) is -2.57. The summed E-state index contributed by atoms with van der Waals surface area (Å²) in [5.41, 5.74) is 0.733. The van der Waals surface area contributed by atoms with Crippen LogP contribution in [0.25, 0.3) is 10.9 Å². The molecule has 0 saturated heterocycles. The number of fused-ring (bicyclic) bond motifs is 1. The third-order valence-corrected chi connectivity index (χ3v) is 6.23. The van der Waals surface area contributed by atoms with Crippen LogP contribution in [0.1, 0.15) is 18.5 Å². The van der Waals surface area contributed by atoms with Gasteiger partial charge in [0, 0.05) is 24.7 Å². The molecule has 0 unspecified atom stereocenters. The van der Waals surface area contributed by atoms with Crippen LogP contribution in [-0.4, -0.2) is 29.9 Å². The molecule has 5 nitrogen and oxygen atoms in total. The summed E-state index contributed by atoms with van der Waals surface area (Å²) in [6.45, 7) is 1.75. The zero-order valence-electron chi connectivity index (χ0n) is 13.7. The number of hydrogen-bond acceptors (Lipinski definition) is 4. The number of pyridine rings is 1. The predicted molar refractivity (Wildman–Crippen MR) is 93.2 cm³/mol. The van der Waals surface area contributed by atoms with E-state index in [1.54, 1.807) is 13.0 Å². The molecule has 1 heterocycles. The van der Waals surface area contributed by atoms with E-state index >= 15 is 0 Å². The van der Waals surface area contributed by atoms with Gasteiger partial charge >= 0.3 is 0 Å². The number of sulfonamides is 1. The zero-order chi connectivity index (χ0) is 18.2. The highest BCUT2D eigenvalue weighted by Gasteiger charge is 2.29. The first-order valence-corrected chi connectivity index (χ1v) is 9.07. The molecule has 3 aromatic rings. The molecular formula is C18H17FN2O3S. The molecule has 0 bridgehead atoms. The predicted octanol–water partition coefficient (Wildman–Crippen LogP) is 3.46. The van der Waals surface area contributed by atoms with E-state index in [1.165, 1.54) is 23.6 Å². The number of benzene rings is 2. The van der Waals surface area contributed by atoms with Crippen LogP contribution >= 0.6 is 0 Å². The van der Waals surface area contributed by atoms with Crippen LogP contribution in [0.5, 0.6) is 5.75 Å². The summed E-state index contributed by atoms with van der Waals surface area (Å²) in [5.74, 6) is -1.68. The molecule has 2 aromatic carbocycles. The molecule has 1 atom stereocenters. The van der Waals surface area contributed by atoms with Gasteiger partial charge < -0.3 is 5.11 Å². The molecule has 0 spiro atoms. The van der Waals surface area contributed by atoms with Crippen molar-refractivity contribution < 1.29 is 17.9 Å². The van der Waals surface area contributed by atoms with Gasteiger partial charge in [0.15, 0.2) is 11.6 Å². The minimum atomic E-state index is -4.01. The van der Waals surface area contributed by atoms with Gasteiger partial charge in [-0.15, -0.1) is 0 Å². The van der Waals surface area contributed by atoms with Crippen molar-refractivity contribution in [3.8, 4) is 5.75 Å². The highest BCUT2D eigenvalue weighted by Crippen LogP contribution is 2.34. The first-order chi connectivity index (χ1) is 11.8. The summed E-state index contributed by atoms with van der Waals surface area (Å²) in [6.07, 6.45) is 1.37. The molecule has 25 heavy (non-hydrogen) atoms. The van der Waals surface area contributed by atoms with Crippen LogP contribution in [0.4, 0.5) is 4.39 Å². The Bertz CT molecular complexity index is 1020. The van der Waals surface area contributed by atoms with Gasteiger partial charge in [0.1, 0.15) is 5.52 Å². The maximum absolute atomic E-state index is 14.1. The number of nitrogens with zero attached hydrogens (tertiary/aromatic N) is 2. The van der Waals surface area contributed by atoms with Crippen molar-refractivity contribution >= 4 is 20.9 Å². The lowest BCUT2D eigenvalue weighted by atomic mass is 10.1. The van der Waals surface area contributed by atoms with Gasteiger partial charge in [0.2, 0.25) is 10.0 Å². The van der Waals surface area contributed by atoms with Crippen molar-refractivity contribution in [1.29, 1.82) is 0 Å². The maximum Gasteiger partial charge on any atom is 0.244 e. The molecule has 3 rings (SSSR count). The molecule has 0 amide bonds. The fourth-order valence-corrected chi connectivity index (χ4v) is 4.23. The van der Waals surface area contributed by atoms with Crippen LogP contribution in [0, 0.1) is 5.82 Å². The number of phenolic OH excluding ortho intramolecular Hbond substituents is 1. The fraction of sp³-hybridized carbons (Fsp3) is 0.167. The van der Waals surface area contributed by atoms with Crippen molar-refractivity contribution in [2.75, 3.05) is 7.05 Å². The minimum absolute atomic E-state index is 0.0816. The van der Waals surface area contributed by atoms with E-state index < -0.39 is 27.6 Å². The number of halogens is 1. The van der Waals surface area contributed by atoms with Crippen molar-refractivity contribution in [2.45, 2.75) is 17.9 Å². The molecule has 0 aliphatic carbocycles. The first-order valence-electron chi connectivity index (χ1n) is 7.63. The molecule has 0 aliphatic rings. The molecule has 0 saturated carbocycles. The standard InChI is InChI=1S/C18H17FN2O3S/c1-12(13-7-4-3-5-8-13)21(2)25(23,24)16-11-15(19)18(22)17-14(16)9-6-10-20-17/h3-12,22H,1-2H3/t12-/m1/s1. The lowest BCUT2D eigenvalue weighted by molar-refractivity contribution is 0.398. The van der Waals surface area contributed by atoms with Crippen molar-refractivity contribution in [2.24, 2.45) is 0 Å². The molecule has 1 aromatic heterocycles. The van der Waals surface area contributed by atoms with Crippen LogP contribution in [0.2, 0.25) is 0 Å². The fourth-order valence-electron chi connectivity index (χ4n) is 2.69. The van der Waals surface area contributed by atoms with Crippen molar-refractivity contribution in [3.63, 3.8) is 0 Å². The van der Waals surface area contributed by atoms with E-state index in [2.05, 4.69) is 4.98 Å². The highest BCUT2D eigenvalue weighted by atomic mass is 32.2. The van der Waals surface area contributed by atoms with Crippen LogP contribution < -0.4 is 0 Å². The average molecular weight is 360 g/mol. The number of hydrogen-bond donors (Lipinski definition) is 1. The van der Waals surface area contributed by atoms with Gasteiger partial charge in [0.05, 0.1) is 4.90 Å². The van der Waals surface area contributed by atoms with Crippen molar-refractivity contribution in [3.05, 3.63) is 66.1 Å². The normalized spacial score (nSPS) is 13.3. The van der Waals surface area contributed by atoms with E-state index in [0.717, 1.165) is 11.6 Å². The quantitative estimate of drug-likeness (QED) is 0.773. The van der Waals surface area contributed by atoms with E-state index in [1.807, 2.05) is 30.3 Å². The Morgan fingerprint density at radius 2 is 1.84 bits per heavy atom. The van der Waals surface area contributed by atoms with E-state index in [-0.39, 0.29) is 15.8 Å². The number of phenols is 1. The summed E-state index contributed by atoms with van der Waals surface area (Å²) >= 11 is 0. The van der Waals surface area contributed by atoms with Gasteiger partial charge in [0.25, 0.3) is 0 Å². The summed E-state index contributed by atoms with van der Waals surface area (Å²) < 4.78 is 41.4. The monoisotopic (exact) mass is 360 g/mol. The summed E-state index contributed by atoms with van der Waals surface area (Å²) in [4.78, 5) is 3.68. The SMILES string of the molecule is C[C@H](c1ccccc1)N(C)S(=O)(=O)c1cc(F)c(O)c2ncccc12. The second kappa shape index (κ2) is 6.42. The van der Waals surface area contributed by atoms with Crippen molar-refractivity contribution in [1.82, 2.24) is 9.29 Å². The Hall–Kier alpha value is -2.51. The van der Waals surface area contributed by atoms with E-state index in [4.69, 9.17) is 0 Å². The van der Waals surface area contributed by atoms with E-state index in [9.17, 15) is 17.9 Å². The van der Waals surface area contributed by atoms with Gasteiger partial charge in [-0.3, -0.25) is 4.98 Å². The van der Waals surface area contributed by atoms with Gasteiger partial charge in [-0.2, -0.15) is 4.31 Å². The smallest absolute Gasteiger partial charge is 0.244 e. The average Bonchev–Trinajstić information content (AvgIpc) is 2.64.